The van der Waals surface area contributed by atoms with Gasteiger partial charge in [0.2, 0.25) is 11.8 Å². The van der Waals surface area contributed by atoms with Crippen molar-refractivity contribution in [3.63, 3.8) is 0 Å². The lowest BCUT2D eigenvalue weighted by Gasteiger charge is -2.10. The molecule has 8 nitrogen and oxygen atoms in total. The lowest BCUT2D eigenvalue weighted by molar-refractivity contribution is -0.123. The Labute approximate surface area is 193 Å². The summed E-state index contributed by atoms with van der Waals surface area (Å²) in [5.74, 6) is -0.429. The van der Waals surface area contributed by atoms with Gasteiger partial charge in [-0.2, -0.15) is 0 Å². The topological polar surface area (TPSA) is 109 Å². The largest absolute Gasteiger partial charge is 0.457 e. The molecule has 3 rings (SSSR count). The molecule has 0 atom stereocenters. The van der Waals surface area contributed by atoms with Crippen molar-refractivity contribution in [3.05, 3.63) is 76.5 Å². The molecule has 1 aromatic heterocycles. The fraction of sp³-hybridized carbons (Fsp3) is 0.0909. The van der Waals surface area contributed by atoms with Gasteiger partial charge in [0.25, 0.3) is 5.91 Å². The quantitative estimate of drug-likeness (QED) is 0.438. The van der Waals surface area contributed by atoms with E-state index in [0.717, 1.165) is 0 Å². The number of nitrogens with zero attached hydrogens (tertiary/aromatic N) is 1. The van der Waals surface area contributed by atoms with E-state index in [1.54, 1.807) is 48.5 Å². The summed E-state index contributed by atoms with van der Waals surface area (Å²) in [6, 6.07) is 14.5. The van der Waals surface area contributed by atoms with E-state index in [1.165, 1.54) is 19.3 Å². The van der Waals surface area contributed by atoms with Crippen molar-refractivity contribution in [1.82, 2.24) is 10.3 Å². The lowest BCUT2D eigenvalue weighted by Crippen LogP contribution is -2.21. The molecule has 0 aliphatic carbocycles. The van der Waals surface area contributed by atoms with Crippen LogP contribution < -0.4 is 20.7 Å². The third-order valence-corrected chi connectivity index (χ3v) is 4.93. The number of carbonyl (C=O) groups excluding carboxylic acids is 3. The van der Waals surface area contributed by atoms with E-state index in [2.05, 4.69) is 20.9 Å². The molecule has 0 saturated heterocycles. The van der Waals surface area contributed by atoms with Crippen molar-refractivity contribution in [3.8, 4) is 11.5 Å². The van der Waals surface area contributed by atoms with Crippen molar-refractivity contribution < 1.29 is 19.1 Å². The zero-order chi connectivity index (χ0) is 23.1. The first-order valence-electron chi connectivity index (χ1n) is 9.35. The van der Waals surface area contributed by atoms with Crippen LogP contribution in [-0.4, -0.2) is 29.8 Å². The number of nitrogens with one attached hydrogen (secondary N) is 3. The summed E-state index contributed by atoms with van der Waals surface area (Å²) >= 11 is 11.9. The first-order valence-corrected chi connectivity index (χ1v) is 10.1. The number of benzene rings is 2. The number of ether oxygens (including phenoxy) is 1. The first-order chi connectivity index (χ1) is 15.4. The molecule has 0 saturated carbocycles. The van der Waals surface area contributed by atoms with Crippen LogP contribution in [-0.2, 0) is 9.59 Å². The Hall–Kier alpha value is -3.62. The van der Waals surface area contributed by atoms with Gasteiger partial charge in [-0.1, -0.05) is 29.3 Å². The molecule has 3 amide bonds. The molecule has 0 fully saturated rings. The number of halogens is 2. The number of pyridine rings is 1. The van der Waals surface area contributed by atoms with Gasteiger partial charge in [0.05, 0.1) is 15.7 Å². The lowest BCUT2D eigenvalue weighted by atomic mass is 10.2. The van der Waals surface area contributed by atoms with E-state index in [1.807, 2.05) is 0 Å². The number of anilines is 2. The minimum atomic E-state index is -0.531. The van der Waals surface area contributed by atoms with Crippen LogP contribution in [0.1, 0.15) is 16.9 Å². The van der Waals surface area contributed by atoms with E-state index < -0.39 is 18.2 Å². The molecule has 3 aromatic rings. The molecule has 32 heavy (non-hydrogen) atoms. The fourth-order valence-corrected chi connectivity index (χ4v) is 2.96. The standard InChI is InChI=1S/C22H18Cl2N4O4/c1-25-22(31)18-11-15(9-10-26-18)32-14-7-5-13(6-8-14)27-19(29)12-20(30)28-17-4-2-3-16(23)21(17)24/h2-11H,12H2,1H3,(H,25,31)(H,27,29)(H,28,30). The minimum absolute atomic E-state index is 0.204. The maximum absolute atomic E-state index is 12.2. The second-order valence-electron chi connectivity index (χ2n) is 6.46. The maximum atomic E-state index is 12.2. The van der Waals surface area contributed by atoms with Crippen LogP contribution in [0.25, 0.3) is 0 Å². The summed E-state index contributed by atoms with van der Waals surface area (Å²) in [6.45, 7) is 0. The number of hydrogen-bond donors (Lipinski definition) is 3. The third-order valence-electron chi connectivity index (χ3n) is 4.11. The summed E-state index contributed by atoms with van der Waals surface area (Å²) in [7, 11) is 1.51. The van der Waals surface area contributed by atoms with Crippen LogP contribution >= 0.6 is 23.2 Å². The highest BCUT2D eigenvalue weighted by Gasteiger charge is 2.13. The molecule has 2 aromatic carbocycles. The summed E-state index contributed by atoms with van der Waals surface area (Å²) < 4.78 is 5.71. The van der Waals surface area contributed by atoms with Crippen molar-refractivity contribution in [2.24, 2.45) is 0 Å². The zero-order valence-electron chi connectivity index (χ0n) is 16.8. The van der Waals surface area contributed by atoms with Gasteiger partial charge in [-0.05, 0) is 42.5 Å². The first kappa shape index (κ1) is 23.1. The molecule has 3 N–H and O–H groups in total. The maximum Gasteiger partial charge on any atom is 0.269 e. The van der Waals surface area contributed by atoms with E-state index in [0.29, 0.717) is 27.9 Å². The molecule has 0 aliphatic rings. The zero-order valence-corrected chi connectivity index (χ0v) is 18.3. The Morgan fingerprint density at radius 1 is 0.938 bits per heavy atom. The van der Waals surface area contributed by atoms with Gasteiger partial charge >= 0.3 is 0 Å². The average Bonchev–Trinajstić information content (AvgIpc) is 2.78. The second-order valence-corrected chi connectivity index (χ2v) is 7.24. The Kier molecular flexibility index (Phi) is 7.64. The smallest absolute Gasteiger partial charge is 0.269 e. The molecule has 0 radical (unpaired) electrons. The molecule has 0 bridgehead atoms. The Balaban J connectivity index is 1.55. The van der Waals surface area contributed by atoms with Crippen LogP contribution in [0.5, 0.6) is 11.5 Å². The number of amides is 3. The number of carbonyl (C=O) groups is 3. The van der Waals surface area contributed by atoms with Crippen LogP contribution in [0.3, 0.4) is 0 Å². The predicted octanol–water partition coefficient (Wildman–Crippen LogP) is 4.51. The van der Waals surface area contributed by atoms with E-state index >= 15 is 0 Å². The molecular formula is C22H18Cl2N4O4. The van der Waals surface area contributed by atoms with Crippen LogP contribution in [0.15, 0.2) is 60.8 Å². The Morgan fingerprint density at radius 2 is 1.66 bits per heavy atom. The van der Waals surface area contributed by atoms with Gasteiger partial charge in [-0.15, -0.1) is 0 Å². The van der Waals surface area contributed by atoms with Crippen LogP contribution in [0.4, 0.5) is 11.4 Å². The van der Waals surface area contributed by atoms with Gasteiger partial charge in [-0.25, -0.2) is 0 Å². The van der Waals surface area contributed by atoms with Gasteiger partial charge in [0.1, 0.15) is 23.6 Å². The number of aromatic nitrogens is 1. The summed E-state index contributed by atoms with van der Waals surface area (Å²) in [5.41, 5.74) is 1.04. The number of hydrogen-bond acceptors (Lipinski definition) is 5. The molecule has 1 heterocycles. The highest BCUT2D eigenvalue weighted by molar-refractivity contribution is 6.44. The summed E-state index contributed by atoms with van der Waals surface area (Å²) in [6.07, 6.45) is 1.07. The van der Waals surface area contributed by atoms with Crippen molar-refractivity contribution >= 4 is 52.3 Å². The Bertz CT molecular complexity index is 1150. The van der Waals surface area contributed by atoms with Gasteiger partial charge in [0.15, 0.2) is 0 Å². The molecule has 0 spiro atoms. The number of rotatable bonds is 7. The Morgan fingerprint density at radius 3 is 2.38 bits per heavy atom. The predicted molar refractivity (Wildman–Crippen MR) is 122 cm³/mol. The fourth-order valence-electron chi connectivity index (χ4n) is 2.62. The van der Waals surface area contributed by atoms with E-state index in [4.69, 9.17) is 27.9 Å². The van der Waals surface area contributed by atoms with Gasteiger partial charge in [0, 0.05) is 25.0 Å². The molecule has 0 unspecified atom stereocenters. The second kappa shape index (κ2) is 10.6. The van der Waals surface area contributed by atoms with E-state index in [9.17, 15) is 14.4 Å². The van der Waals surface area contributed by atoms with Crippen molar-refractivity contribution in [2.45, 2.75) is 6.42 Å². The van der Waals surface area contributed by atoms with Crippen molar-refractivity contribution in [2.75, 3.05) is 17.7 Å². The molecule has 0 aliphatic heterocycles. The third kappa shape index (κ3) is 6.19. The van der Waals surface area contributed by atoms with Crippen LogP contribution in [0.2, 0.25) is 10.0 Å². The van der Waals surface area contributed by atoms with E-state index in [-0.39, 0.29) is 16.6 Å². The highest BCUT2D eigenvalue weighted by Crippen LogP contribution is 2.29. The molecule has 164 valence electrons. The van der Waals surface area contributed by atoms with Gasteiger partial charge in [-0.3, -0.25) is 19.4 Å². The summed E-state index contributed by atoms with van der Waals surface area (Å²) in [5, 5.41) is 8.18. The normalized spacial score (nSPS) is 10.2. The minimum Gasteiger partial charge on any atom is -0.457 e. The average molecular weight is 473 g/mol. The molecule has 10 heteroatoms. The summed E-state index contributed by atoms with van der Waals surface area (Å²) in [4.78, 5) is 39.9. The SMILES string of the molecule is CNC(=O)c1cc(Oc2ccc(NC(=O)CC(=O)Nc3cccc(Cl)c3Cl)cc2)ccn1. The van der Waals surface area contributed by atoms with Gasteiger partial charge < -0.3 is 20.7 Å². The highest BCUT2D eigenvalue weighted by atomic mass is 35.5. The van der Waals surface area contributed by atoms with Crippen LogP contribution in [0, 0.1) is 0 Å². The monoisotopic (exact) mass is 472 g/mol. The van der Waals surface area contributed by atoms with Crippen molar-refractivity contribution in [1.29, 1.82) is 0 Å². The molecular weight excluding hydrogens is 455 g/mol.